The molecule has 1 saturated heterocycles. The topological polar surface area (TPSA) is 49.4 Å². The van der Waals surface area contributed by atoms with Crippen molar-refractivity contribution >= 4 is 21.1 Å². The van der Waals surface area contributed by atoms with E-state index in [1.165, 1.54) is 6.07 Å². The van der Waals surface area contributed by atoms with Crippen LogP contribution in [0.25, 0.3) is 5.57 Å². The third-order valence-corrected chi connectivity index (χ3v) is 6.01. The Balaban J connectivity index is 1.92. The molecular formula is C16H19F3N2O2S. The summed E-state index contributed by atoms with van der Waals surface area (Å²) in [5.41, 5.74) is 0.665. The highest BCUT2D eigenvalue weighted by Crippen LogP contribution is 2.41. The molecule has 0 aliphatic carbocycles. The maximum absolute atomic E-state index is 14.2. The average Bonchev–Trinajstić information content (AvgIpc) is 2.73. The zero-order valence-electron chi connectivity index (χ0n) is 13.2. The highest BCUT2D eigenvalue weighted by Gasteiger charge is 2.33. The highest BCUT2D eigenvalue weighted by atomic mass is 32.2. The first kappa shape index (κ1) is 17.3. The first-order valence-electron chi connectivity index (χ1n) is 7.74. The number of halogens is 3. The van der Waals surface area contributed by atoms with Gasteiger partial charge in [-0.2, -0.15) is 0 Å². The predicted molar refractivity (Wildman–Crippen MR) is 86.6 cm³/mol. The Morgan fingerprint density at radius 1 is 1.38 bits per heavy atom. The van der Waals surface area contributed by atoms with Crippen molar-refractivity contribution in [2.24, 2.45) is 0 Å². The van der Waals surface area contributed by atoms with E-state index in [1.807, 2.05) is 11.9 Å². The Morgan fingerprint density at radius 2 is 2.12 bits per heavy atom. The van der Waals surface area contributed by atoms with Gasteiger partial charge in [0.25, 0.3) is 0 Å². The van der Waals surface area contributed by atoms with Crippen molar-refractivity contribution in [2.45, 2.75) is 36.4 Å². The van der Waals surface area contributed by atoms with Crippen molar-refractivity contribution in [3.63, 3.8) is 0 Å². The minimum absolute atomic E-state index is 0.0215. The molecule has 1 fully saturated rings. The third-order valence-electron chi connectivity index (χ3n) is 4.40. The molecule has 3 rings (SSSR count). The fourth-order valence-electron chi connectivity index (χ4n) is 3.26. The number of nitrogens with one attached hydrogen (secondary N) is 1. The molecule has 2 unspecified atom stereocenters. The normalized spacial score (nSPS) is 26.3. The van der Waals surface area contributed by atoms with Gasteiger partial charge in [-0.1, -0.05) is 12.1 Å². The van der Waals surface area contributed by atoms with Gasteiger partial charge >= 0.3 is 0 Å². The lowest BCUT2D eigenvalue weighted by Gasteiger charge is -2.33. The van der Waals surface area contributed by atoms with E-state index in [0.29, 0.717) is 13.0 Å². The van der Waals surface area contributed by atoms with E-state index in [4.69, 9.17) is 0 Å². The number of fused-ring (bicyclic) bond motifs is 1. The van der Waals surface area contributed by atoms with Crippen molar-refractivity contribution in [2.75, 3.05) is 25.5 Å². The van der Waals surface area contributed by atoms with Gasteiger partial charge in [0.15, 0.2) is 0 Å². The summed E-state index contributed by atoms with van der Waals surface area (Å²) in [6, 6.07) is 4.17. The summed E-state index contributed by atoms with van der Waals surface area (Å²) >= 11 is 0. The van der Waals surface area contributed by atoms with E-state index in [2.05, 4.69) is 5.32 Å². The van der Waals surface area contributed by atoms with Crippen molar-refractivity contribution in [3.05, 3.63) is 29.2 Å². The summed E-state index contributed by atoms with van der Waals surface area (Å²) in [7, 11) is -1.97. The number of rotatable bonds is 4. The van der Waals surface area contributed by atoms with Crippen LogP contribution >= 0.6 is 0 Å². The van der Waals surface area contributed by atoms with Crippen molar-refractivity contribution in [3.8, 4) is 0 Å². The second kappa shape index (κ2) is 6.40. The number of sulfone groups is 1. The number of hydrogen-bond donors (Lipinski definition) is 1. The molecule has 0 radical (unpaired) electrons. The van der Waals surface area contributed by atoms with Crippen molar-refractivity contribution in [1.29, 1.82) is 0 Å². The van der Waals surface area contributed by atoms with Gasteiger partial charge in [0.2, 0.25) is 16.3 Å². The predicted octanol–water partition coefficient (Wildman–Crippen LogP) is 2.92. The molecule has 1 N–H and O–H groups in total. The largest absolute Gasteiger partial charge is 0.378 e. The quantitative estimate of drug-likeness (QED) is 0.897. The van der Waals surface area contributed by atoms with E-state index in [1.54, 1.807) is 12.1 Å². The molecule has 4 nitrogen and oxygen atoms in total. The zero-order chi connectivity index (χ0) is 17.5. The smallest absolute Gasteiger partial charge is 0.242 e. The molecule has 2 heterocycles. The van der Waals surface area contributed by atoms with E-state index < -0.39 is 34.9 Å². The molecular weight excluding hydrogens is 341 g/mol. The molecule has 1 aromatic rings. The summed E-state index contributed by atoms with van der Waals surface area (Å²) < 4.78 is 64.3. The van der Waals surface area contributed by atoms with Crippen LogP contribution in [-0.2, 0) is 9.84 Å². The van der Waals surface area contributed by atoms with Crippen LogP contribution in [0.3, 0.4) is 0 Å². The van der Waals surface area contributed by atoms with E-state index in [9.17, 15) is 21.6 Å². The maximum Gasteiger partial charge on any atom is 0.242 e. The van der Waals surface area contributed by atoms with Gasteiger partial charge in [-0.3, -0.25) is 0 Å². The second-order valence-corrected chi connectivity index (χ2v) is 8.02. The van der Waals surface area contributed by atoms with Gasteiger partial charge in [-0.25, -0.2) is 21.6 Å². The maximum atomic E-state index is 14.2. The van der Waals surface area contributed by atoms with E-state index in [-0.39, 0.29) is 28.3 Å². The van der Waals surface area contributed by atoms with Crippen LogP contribution in [0.15, 0.2) is 28.5 Å². The first-order valence-corrected chi connectivity index (χ1v) is 9.29. The van der Waals surface area contributed by atoms with Gasteiger partial charge in [0.05, 0.1) is 11.7 Å². The second-order valence-electron chi connectivity index (χ2n) is 6.28. The third kappa shape index (κ3) is 3.30. The van der Waals surface area contributed by atoms with Crippen LogP contribution in [0.1, 0.15) is 18.4 Å². The number of alkyl halides is 3. The average molecular weight is 360 g/mol. The zero-order valence-corrected chi connectivity index (χ0v) is 14.0. The molecule has 1 aromatic carbocycles. The number of nitrogens with zero attached hydrogens (tertiary/aromatic N) is 1. The number of anilines is 1. The van der Waals surface area contributed by atoms with Gasteiger partial charge in [-0.05, 0) is 30.7 Å². The van der Waals surface area contributed by atoms with E-state index >= 15 is 0 Å². The molecule has 0 bridgehead atoms. The minimum Gasteiger partial charge on any atom is -0.378 e. The lowest BCUT2D eigenvalue weighted by molar-refractivity contribution is 0.149. The molecule has 132 valence electrons. The molecule has 0 saturated carbocycles. The van der Waals surface area contributed by atoms with Crippen molar-refractivity contribution < 1.29 is 21.6 Å². The first-order chi connectivity index (χ1) is 11.3. The van der Waals surface area contributed by atoms with Gasteiger partial charge in [0, 0.05) is 24.9 Å². The lowest BCUT2D eigenvalue weighted by atomic mass is 10.0. The monoisotopic (exact) mass is 360 g/mol. The fraction of sp³-hybridized carbons (Fsp3) is 0.500. The molecule has 8 heteroatoms. The molecule has 0 aromatic heterocycles. The minimum atomic E-state index is -3.80. The standard InChI is InChI=1S/C16H19F3N2O2S/c1-21-6-5-13(12(17)8-21)20-14-4-2-3-11-10(7-15(18)19)9-24(22,23)16(11)14/h2-4,9,12-13,15,20H,5-8H2,1H3. The SMILES string of the molecule is CN1CCC(Nc2cccc3c2S(=O)(=O)C=C3CC(F)F)C(F)C1. The molecule has 24 heavy (non-hydrogen) atoms. The van der Waals surface area contributed by atoms with Gasteiger partial charge < -0.3 is 10.2 Å². The summed E-state index contributed by atoms with van der Waals surface area (Å²) in [5, 5.41) is 3.88. The number of allylic oxidation sites excluding steroid dienone is 1. The highest BCUT2D eigenvalue weighted by molar-refractivity contribution is 7.95. The van der Waals surface area contributed by atoms with Gasteiger partial charge in [0.1, 0.15) is 11.1 Å². The Morgan fingerprint density at radius 3 is 2.79 bits per heavy atom. The fourth-order valence-corrected chi connectivity index (χ4v) is 4.92. The molecule has 2 aliphatic rings. The van der Waals surface area contributed by atoms with Crippen LogP contribution in [0, 0.1) is 0 Å². The van der Waals surface area contributed by atoms with Crippen LogP contribution in [0.2, 0.25) is 0 Å². The van der Waals surface area contributed by atoms with Crippen LogP contribution in [0.4, 0.5) is 18.9 Å². The number of benzene rings is 1. The van der Waals surface area contributed by atoms with E-state index in [0.717, 1.165) is 5.41 Å². The Bertz CT molecular complexity index is 765. The molecule has 0 amide bonds. The Kier molecular flexibility index (Phi) is 4.61. The van der Waals surface area contributed by atoms with Crippen LogP contribution in [-0.4, -0.2) is 52.1 Å². The molecule has 2 atom stereocenters. The summed E-state index contributed by atoms with van der Waals surface area (Å²) in [4.78, 5) is 1.85. The summed E-state index contributed by atoms with van der Waals surface area (Å²) in [6.45, 7) is 0.975. The molecule has 2 aliphatic heterocycles. The summed E-state index contributed by atoms with van der Waals surface area (Å²) in [5.74, 6) is 0. The Hall–Kier alpha value is -1.54. The Labute approximate surface area is 139 Å². The van der Waals surface area contributed by atoms with Crippen molar-refractivity contribution in [1.82, 2.24) is 4.90 Å². The number of piperidine rings is 1. The molecule has 0 spiro atoms. The van der Waals surface area contributed by atoms with Crippen LogP contribution in [0.5, 0.6) is 0 Å². The van der Waals surface area contributed by atoms with Crippen LogP contribution < -0.4 is 5.32 Å². The lowest BCUT2D eigenvalue weighted by Crippen LogP contribution is -2.46. The van der Waals surface area contributed by atoms with Gasteiger partial charge in [-0.15, -0.1) is 0 Å². The number of hydrogen-bond acceptors (Lipinski definition) is 4. The number of likely N-dealkylation sites (tertiary alicyclic amines) is 1. The summed E-state index contributed by atoms with van der Waals surface area (Å²) in [6.07, 6.45) is -3.83.